The van der Waals surface area contributed by atoms with Crippen molar-refractivity contribution in [1.82, 2.24) is 10.3 Å². The number of aromatic nitrogens is 1. The zero-order valence-electron chi connectivity index (χ0n) is 21.5. The predicted octanol–water partition coefficient (Wildman–Crippen LogP) is 6.22. The highest BCUT2D eigenvalue weighted by atomic mass is 32.1. The molecule has 2 aromatic carbocycles. The van der Waals surface area contributed by atoms with Crippen molar-refractivity contribution in [3.63, 3.8) is 0 Å². The van der Waals surface area contributed by atoms with Gasteiger partial charge in [-0.15, -0.1) is 11.3 Å². The molecule has 0 bridgehead atoms. The van der Waals surface area contributed by atoms with Gasteiger partial charge >= 0.3 is 0 Å². The first kappa shape index (κ1) is 27.2. The van der Waals surface area contributed by atoms with Crippen molar-refractivity contribution in [3.05, 3.63) is 64.7 Å². The molecule has 6 heteroatoms. The summed E-state index contributed by atoms with van der Waals surface area (Å²) < 4.78 is 5.86. The Morgan fingerprint density at radius 2 is 1.89 bits per heavy atom. The first-order valence-corrected chi connectivity index (χ1v) is 13.6. The van der Waals surface area contributed by atoms with Crippen LogP contribution in [0.2, 0.25) is 0 Å². The van der Waals surface area contributed by atoms with Crippen LogP contribution < -0.4 is 10.1 Å². The van der Waals surface area contributed by atoms with Gasteiger partial charge in [-0.1, -0.05) is 64.4 Å². The Morgan fingerprint density at radius 3 is 2.60 bits per heavy atom. The van der Waals surface area contributed by atoms with Gasteiger partial charge in [-0.3, -0.25) is 0 Å². The summed E-state index contributed by atoms with van der Waals surface area (Å²) in [4.78, 5) is 4.86. The van der Waals surface area contributed by atoms with Crippen LogP contribution in [0.25, 0.3) is 10.6 Å². The molecule has 0 spiro atoms. The number of thiazole rings is 1. The van der Waals surface area contributed by atoms with Crippen LogP contribution in [0, 0.1) is 11.8 Å². The van der Waals surface area contributed by atoms with Gasteiger partial charge in [0.25, 0.3) is 0 Å². The Morgan fingerprint density at radius 1 is 1.09 bits per heavy atom. The standard InChI is InChI=1S/C29H40N2O3S/c1-5-21(15-20(3)4)27(32)16-22-9-7-8-10-26(22)29-31-24(19-35-29)13-14-34-25-12-11-23(18-30-6-2)28(33)17-25/h7-12,17,19-21,27,30,32-33H,5-6,13-16,18H2,1-4H3. The molecule has 1 heterocycles. The van der Waals surface area contributed by atoms with E-state index in [2.05, 4.69) is 43.6 Å². The zero-order valence-corrected chi connectivity index (χ0v) is 22.3. The number of nitrogens with one attached hydrogen (secondary N) is 1. The average molecular weight is 497 g/mol. The predicted molar refractivity (Wildman–Crippen MR) is 145 cm³/mol. The second-order valence-electron chi connectivity index (χ2n) is 9.54. The Labute approximate surface area is 214 Å². The fraction of sp³-hybridized carbons (Fsp3) is 0.483. The number of aliphatic hydroxyl groups is 1. The number of phenolic OH excluding ortho intramolecular Hbond substituents is 1. The van der Waals surface area contributed by atoms with Gasteiger partial charge in [0.2, 0.25) is 0 Å². The maximum atomic E-state index is 10.9. The summed E-state index contributed by atoms with van der Waals surface area (Å²) in [6.07, 6.45) is 3.01. The molecule has 2 unspecified atom stereocenters. The molecule has 3 N–H and O–H groups in total. The Bertz CT molecular complexity index is 1050. The van der Waals surface area contributed by atoms with Crippen molar-refractivity contribution in [2.24, 2.45) is 11.8 Å². The van der Waals surface area contributed by atoms with Gasteiger partial charge < -0.3 is 20.3 Å². The van der Waals surface area contributed by atoms with Gasteiger partial charge in [0.1, 0.15) is 16.5 Å². The topological polar surface area (TPSA) is 74.6 Å². The van der Waals surface area contributed by atoms with Gasteiger partial charge in [0, 0.05) is 35.5 Å². The summed E-state index contributed by atoms with van der Waals surface area (Å²) in [6, 6.07) is 13.7. The summed E-state index contributed by atoms with van der Waals surface area (Å²) in [7, 11) is 0. The second-order valence-corrected chi connectivity index (χ2v) is 10.4. The summed E-state index contributed by atoms with van der Waals surface area (Å²) >= 11 is 1.63. The molecule has 0 aliphatic heterocycles. The molecule has 0 fully saturated rings. The first-order chi connectivity index (χ1) is 16.9. The third-order valence-electron chi connectivity index (χ3n) is 6.32. The highest BCUT2D eigenvalue weighted by Crippen LogP contribution is 2.30. The van der Waals surface area contributed by atoms with E-state index in [0.717, 1.165) is 46.8 Å². The maximum Gasteiger partial charge on any atom is 0.123 e. The molecule has 0 saturated carbocycles. The van der Waals surface area contributed by atoms with E-state index < -0.39 is 0 Å². The summed E-state index contributed by atoms with van der Waals surface area (Å²) in [5.41, 5.74) is 4.10. The monoisotopic (exact) mass is 496 g/mol. The first-order valence-electron chi connectivity index (χ1n) is 12.8. The Kier molecular flexibility index (Phi) is 10.6. The maximum absolute atomic E-state index is 10.9. The van der Waals surface area contributed by atoms with E-state index in [1.807, 2.05) is 31.2 Å². The molecular weight excluding hydrogens is 456 g/mol. The highest BCUT2D eigenvalue weighted by Gasteiger charge is 2.21. The quantitative estimate of drug-likeness (QED) is 0.247. The molecule has 2 atom stereocenters. The minimum Gasteiger partial charge on any atom is -0.507 e. The van der Waals surface area contributed by atoms with Gasteiger partial charge in [-0.05, 0) is 42.9 Å². The summed E-state index contributed by atoms with van der Waals surface area (Å²) in [5, 5.41) is 27.4. The van der Waals surface area contributed by atoms with E-state index in [1.165, 1.54) is 0 Å². The molecule has 5 nitrogen and oxygen atoms in total. The van der Waals surface area contributed by atoms with E-state index >= 15 is 0 Å². The third kappa shape index (κ3) is 8.06. The molecule has 0 amide bonds. The molecule has 3 rings (SSSR count). The summed E-state index contributed by atoms with van der Waals surface area (Å²) in [6.45, 7) is 10.6. The SMILES string of the molecule is CCNCc1ccc(OCCc2csc(-c3ccccc3CC(O)C(CC)CC(C)C)n2)cc1O. The molecule has 35 heavy (non-hydrogen) atoms. The fourth-order valence-electron chi connectivity index (χ4n) is 4.36. The number of hydrogen-bond acceptors (Lipinski definition) is 6. The third-order valence-corrected chi connectivity index (χ3v) is 7.24. The molecule has 0 radical (unpaired) electrons. The molecule has 0 aliphatic rings. The highest BCUT2D eigenvalue weighted by molar-refractivity contribution is 7.13. The van der Waals surface area contributed by atoms with Gasteiger partial charge in [-0.2, -0.15) is 0 Å². The molecule has 1 aromatic heterocycles. The van der Waals surface area contributed by atoms with E-state index in [4.69, 9.17) is 9.72 Å². The molecule has 190 valence electrons. The van der Waals surface area contributed by atoms with Crippen LogP contribution >= 0.6 is 11.3 Å². The Hall–Kier alpha value is -2.41. The lowest BCUT2D eigenvalue weighted by Gasteiger charge is -2.24. The minimum absolute atomic E-state index is 0.247. The number of rotatable bonds is 14. The normalized spacial score (nSPS) is 13.2. The second kappa shape index (κ2) is 13.6. The average Bonchev–Trinajstić information content (AvgIpc) is 3.31. The molecule has 0 aliphatic carbocycles. The number of phenols is 1. The van der Waals surface area contributed by atoms with Crippen LogP contribution in [0.15, 0.2) is 47.8 Å². The van der Waals surface area contributed by atoms with Crippen LogP contribution in [0.1, 0.15) is 57.4 Å². The lowest BCUT2D eigenvalue weighted by molar-refractivity contribution is 0.0927. The van der Waals surface area contributed by atoms with Crippen molar-refractivity contribution in [1.29, 1.82) is 0 Å². The van der Waals surface area contributed by atoms with E-state index in [9.17, 15) is 10.2 Å². The minimum atomic E-state index is -0.350. The molecule has 3 aromatic rings. The largest absolute Gasteiger partial charge is 0.507 e. The van der Waals surface area contributed by atoms with Crippen molar-refractivity contribution in [3.8, 4) is 22.1 Å². The summed E-state index contributed by atoms with van der Waals surface area (Å²) in [5.74, 6) is 1.79. The van der Waals surface area contributed by atoms with E-state index in [1.54, 1.807) is 17.4 Å². The van der Waals surface area contributed by atoms with Gasteiger partial charge in [-0.25, -0.2) is 4.98 Å². The number of aliphatic hydroxyl groups excluding tert-OH is 1. The number of benzene rings is 2. The van der Waals surface area contributed by atoms with Gasteiger partial charge in [0.15, 0.2) is 0 Å². The fourth-order valence-corrected chi connectivity index (χ4v) is 5.28. The van der Waals surface area contributed by atoms with Crippen molar-refractivity contribution < 1.29 is 14.9 Å². The lowest BCUT2D eigenvalue weighted by atomic mass is 9.86. The molecule has 0 saturated heterocycles. The van der Waals surface area contributed by atoms with Crippen molar-refractivity contribution >= 4 is 11.3 Å². The van der Waals surface area contributed by atoms with E-state index in [0.29, 0.717) is 43.6 Å². The number of nitrogens with zero attached hydrogens (tertiary/aromatic N) is 1. The van der Waals surface area contributed by atoms with Crippen LogP contribution in [0.5, 0.6) is 11.5 Å². The Balaban J connectivity index is 1.60. The molecular formula is C29H40N2O3S. The lowest BCUT2D eigenvalue weighted by Crippen LogP contribution is -2.24. The van der Waals surface area contributed by atoms with Crippen LogP contribution in [0.3, 0.4) is 0 Å². The number of aromatic hydroxyl groups is 1. The van der Waals surface area contributed by atoms with Gasteiger partial charge in [0.05, 0.1) is 18.4 Å². The van der Waals surface area contributed by atoms with E-state index in [-0.39, 0.29) is 11.9 Å². The van der Waals surface area contributed by atoms with Crippen LogP contribution in [-0.4, -0.2) is 34.5 Å². The van der Waals surface area contributed by atoms with Crippen molar-refractivity contribution in [2.75, 3.05) is 13.2 Å². The number of hydrogen-bond donors (Lipinski definition) is 3. The van der Waals surface area contributed by atoms with Crippen molar-refractivity contribution in [2.45, 2.75) is 66.0 Å². The van der Waals surface area contributed by atoms with Crippen LogP contribution in [0.4, 0.5) is 0 Å². The van der Waals surface area contributed by atoms with Crippen LogP contribution in [-0.2, 0) is 19.4 Å². The zero-order chi connectivity index (χ0) is 25.2. The number of ether oxygens (including phenoxy) is 1. The smallest absolute Gasteiger partial charge is 0.123 e.